The zero-order chi connectivity index (χ0) is 15.6. The molecule has 5 nitrogen and oxygen atoms in total. The monoisotopic (exact) mass is 324 g/mol. The zero-order valence-corrected chi connectivity index (χ0v) is 12.7. The predicted octanol–water partition coefficient (Wildman–Crippen LogP) is 2.55. The molecule has 0 aliphatic carbocycles. The van der Waals surface area contributed by atoms with Crippen molar-refractivity contribution in [2.75, 3.05) is 4.72 Å². The van der Waals surface area contributed by atoms with Crippen molar-refractivity contribution in [2.45, 2.75) is 11.8 Å². The van der Waals surface area contributed by atoms with Crippen molar-refractivity contribution in [3.05, 3.63) is 58.6 Å². The number of hydrogen-bond acceptors (Lipinski definition) is 3. The molecule has 0 unspecified atom stereocenters. The number of sulfonamides is 1. The van der Waals surface area contributed by atoms with Gasteiger partial charge in [-0.25, -0.2) is 8.42 Å². The quantitative estimate of drug-likeness (QED) is 0.905. The molecule has 0 aromatic heterocycles. The lowest BCUT2D eigenvalue weighted by atomic mass is 10.2. The fourth-order valence-electron chi connectivity index (χ4n) is 1.90. The summed E-state index contributed by atoms with van der Waals surface area (Å²) < 4.78 is 27.2. The number of carbonyl (C=O) groups is 1. The molecule has 0 atom stereocenters. The van der Waals surface area contributed by atoms with E-state index in [9.17, 15) is 13.2 Å². The van der Waals surface area contributed by atoms with E-state index in [1.807, 2.05) is 0 Å². The topological polar surface area (TPSA) is 89.3 Å². The minimum absolute atomic E-state index is 0.0890. The van der Waals surface area contributed by atoms with Crippen molar-refractivity contribution < 1.29 is 13.2 Å². The maximum atomic E-state index is 12.4. The molecule has 3 N–H and O–H groups in total. The van der Waals surface area contributed by atoms with Crippen LogP contribution < -0.4 is 10.5 Å². The molecule has 7 heteroatoms. The van der Waals surface area contributed by atoms with Gasteiger partial charge in [0, 0.05) is 5.02 Å². The Bertz CT molecular complexity index is 804. The number of hydrogen-bond donors (Lipinski definition) is 2. The van der Waals surface area contributed by atoms with Crippen LogP contribution in [0.25, 0.3) is 0 Å². The molecule has 0 spiro atoms. The van der Waals surface area contributed by atoms with Gasteiger partial charge >= 0.3 is 0 Å². The molecule has 0 fully saturated rings. The summed E-state index contributed by atoms with van der Waals surface area (Å²) in [6.07, 6.45) is 0. The molecule has 2 aromatic rings. The summed E-state index contributed by atoms with van der Waals surface area (Å²) in [6.45, 7) is 1.64. The van der Waals surface area contributed by atoms with Crippen molar-refractivity contribution in [1.82, 2.24) is 0 Å². The normalized spacial score (nSPS) is 11.1. The third-order valence-electron chi connectivity index (χ3n) is 2.86. The first kappa shape index (κ1) is 15.3. The van der Waals surface area contributed by atoms with Crippen LogP contribution in [0.15, 0.2) is 47.4 Å². The summed E-state index contributed by atoms with van der Waals surface area (Å²) in [5.41, 5.74) is 5.98. The largest absolute Gasteiger partial charge is 0.366 e. The van der Waals surface area contributed by atoms with Gasteiger partial charge < -0.3 is 5.73 Å². The van der Waals surface area contributed by atoms with E-state index in [4.69, 9.17) is 17.3 Å². The maximum Gasteiger partial charge on any atom is 0.262 e. The number of primary amides is 1. The summed E-state index contributed by atoms with van der Waals surface area (Å²) >= 11 is 5.82. The molecule has 0 saturated carbocycles. The Balaban J connectivity index is 2.45. The van der Waals surface area contributed by atoms with Crippen LogP contribution in [0.1, 0.15) is 15.9 Å². The average Bonchev–Trinajstić information content (AvgIpc) is 2.37. The number of nitrogens with two attached hydrogens (primary N) is 1. The van der Waals surface area contributed by atoms with E-state index in [1.54, 1.807) is 25.1 Å². The van der Waals surface area contributed by atoms with Crippen LogP contribution >= 0.6 is 11.6 Å². The second kappa shape index (κ2) is 5.75. The van der Waals surface area contributed by atoms with E-state index in [-0.39, 0.29) is 16.1 Å². The Kier molecular flexibility index (Phi) is 4.20. The number of anilines is 1. The second-order valence-corrected chi connectivity index (χ2v) is 6.51. The first-order chi connectivity index (χ1) is 9.81. The molecular weight excluding hydrogens is 312 g/mol. The highest BCUT2D eigenvalue weighted by atomic mass is 35.5. The number of para-hydroxylation sites is 1. The molecule has 0 aliphatic heterocycles. The SMILES string of the molecule is Cc1cc(Cl)ccc1S(=O)(=O)Nc1ccccc1C(N)=O. The number of carbonyl (C=O) groups excluding carboxylic acids is 1. The van der Waals surface area contributed by atoms with Gasteiger partial charge in [-0.15, -0.1) is 0 Å². The van der Waals surface area contributed by atoms with Gasteiger partial charge in [0.25, 0.3) is 15.9 Å². The molecule has 2 aromatic carbocycles. The van der Waals surface area contributed by atoms with Gasteiger partial charge in [-0.05, 0) is 42.8 Å². The van der Waals surface area contributed by atoms with Crippen molar-refractivity contribution in [3.8, 4) is 0 Å². The van der Waals surface area contributed by atoms with Crippen molar-refractivity contribution in [1.29, 1.82) is 0 Å². The minimum Gasteiger partial charge on any atom is -0.366 e. The molecule has 0 bridgehead atoms. The van der Waals surface area contributed by atoms with E-state index in [1.165, 1.54) is 24.3 Å². The Labute approximate surface area is 127 Å². The van der Waals surface area contributed by atoms with Gasteiger partial charge in [0.2, 0.25) is 0 Å². The summed E-state index contributed by atoms with van der Waals surface area (Å²) in [6, 6.07) is 10.6. The predicted molar refractivity (Wildman–Crippen MR) is 82.0 cm³/mol. The van der Waals surface area contributed by atoms with Crippen LogP contribution in [-0.2, 0) is 10.0 Å². The highest BCUT2D eigenvalue weighted by Gasteiger charge is 2.19. The number of halogens is 1. The van der Waals surface area contributed by atoms with Crippen LogP contribution in [-0.4, -0.2) is 14.3 Å². The Morgan fingerprint density at radius 2 is 1.86 bits per heavy atom. The van der Waals surface area contributed by atoms with Crippen molar-refractivity contribution in [3.63, 3.8) is 0 Å². The highest BCUT2D eigenvalue weighted by Crippen LogP contribution is 2.23. The van der Waals surface area contributed by atoms with Gasteiger partial charge in [-0.2, -0.15) is 0 Å². The fraction of sp³-hybridized carbons (Fsp3) is 0.0714. The van der Waals surface area contributed by atoms with E-state index in [0.29, 0.717) is 10.6 Å². The third kappa shape index (κ3) is 3.34. The van der Waals surface area contributed by atoms with Crippen molar-refractivity contribution in [2.24, 2.45) is 5.73 Å². The first-order valence-electron chi connectivity index (χ1n) is 5.99. The third-order valence-corrected chi connectivity index (χ3v) is 4.62. The van der Waals surface area contributed by atoms with Gasteiger partial charge in [-0.3, -0.25) is 9.52 Å². The summed E-state index contributed by atoms with van der Waals surface area (Å²) in [5.74, 6) is -0.707. The standard InChI is InChI=1S/C14H13ClN2O3S/c1-9-8-10(15)6-7-13(9)21(19,20)17-12-5-3-2-4-11(12)14(16)18/h2-8,17H,1H3,(H2,16,18). The van der Waals surface area contributed by atoms with E-state index < -0.39 is 15.9 Å². The van der Waals surface area contributed by atoms with Gasteiger partial charge in [0.15, 0.2) is 0 Å². The smallest absolute Gasteiger partial charge is 0.262 e. The first-order valence-corrected chi connectivity index (χ1v) is 7.85. The zero-order valence-electron chi connectivity index (χ0n) is 11.1. The number of amides is 1. The molecular formula is C14H13ClN2O3S. The maximum absolute atomic E-state index is 12.4. The molecule has 1 amide bonds. The molecule has 21 heavy (non-hydrogen) atoms. The molecule has 0 saturated heterocycles. The van der Waals surface area contributed by atoms with Gasteiger partial charge in [-0.1, -0.05) is 23.7 Å². The highest BCUT2D eigenvalue weighted by molar-refractivity contribution is 7.92. The number of rotatable bonds is 4. The Morgan fingerprint density at radius 3 is 2.48 bits per heavy atom. The molecule has 0 aliphatic rings. The van der Waals surface area contributed by atoms with Crippen LogP contribution in [0, 0.1) is 6.92 Å². The molecule has 0 radical (unpaired) electrons. The van der Waals surface area contributed by atoms with Gasteiger partial charge in [0.1, 0.15) is 0 Å². The summed E-state index contributed by atoms with van der Waals surface area (Å²) in [4.78, 5) is 11.4. The molecule has 2 rings (SSSR count). The molecule has 0 heterocycles. The Hall–Kier alpha value is -2.05. The van der Waals surface area contributed by atoms with E-state index >= 15 is 0 Å². The lowest BCUT2D eigenvalue weighted by Crippen LogP contribution is -2.19. The molecule has 110 valence electrons. The van der Waals surface area contributed by atoms with Crippen molar-refractivity contribution >= 4 is 33.2 Å². The number of aryl methyl sites for hydroxylation is 1. The van der Waals surface area contributed by atoms with Crippen LogP contribution in [0.5, 0.6) is 0 Å². The minimum atomic E-state index is -3.83. The van der Waals surface area contributed by atoms with Crippen LogP contribution in [0.4, 0.5) is 5.69 Å². The van der Waals surface area contributed by atoms with Gasteiger partial charge in [0.05, 0.1) is 16.1 Å². The summed E-state index contributed by atoms with van der Waals surface area (Å²) in [5, 5.41) is 0.448. The number of nitrogens with one attached hydrogen (secondary N) is 1. The summed E-state index contributed by atoms with van der Waals surface area (Å²) in [7, 11) is -3.83. The van der Waals surface area contributed by atoms with E-state index in [0.717, 1.165) is 0 Å². The Morgan fingerprint density at radius 1 is 1.19 bits per heavy atom. The fourth-order valence-corrected chi connectivity index (χ4v) is 3.44. The second-order valence-electron chi connectivity index (χ2n) is 4.43. The van der Waals surface area contributed by atoms with Crippen LogP contribution in [0.2, 0.25) is 5.02 Å². The van der Waals surface area contributed by atoms with E-state index in [2.05, 4.69) is 4.72 Å². The number of benzene rings is 2. The lowest BCUT2D eigenvalue weighted by Gasteiger charge is -2.12. The van der Waals surface area contributed by atoms with Crippen LogP contribution in [0.3, 0.4) is 0 Å². The average molecular weight is 325 g/mol. The lowest BCUT2D eigenvalue weighted by molar-refractivity contribution is 0.100.